The van der Waals surface area contributed by atoms with Crippen LogP contribution in [0.2, 0.25) is 0 Å². The first-order chi connectivity index (χ1) is 12.5. The van der Waals surface area contributed by atoms with Crippen LogP contribution in [0.1, 0.15) is 26.3 Å². The van der Waals surface area contributed by atoms with Crippen molar-refractivity contribution in [1.29, 1.82) is 0 Å². The molecule has 0 saturated heterocycles. The Morgan fingerprint density at radius 2 is 1.42 bits per heavy atom. The maximum Gasteiger partial charge on any atom is 0.256 e. The molecule has 26 heavy (non-hydrogen) atoms. The molecule has 2 amide bonds. The van der Waals surface area contributed by atoms with E-state index in [4.69, 9.17) is 0 Å². The Hall–Kier alpha value is -2.67. The van der Waals surface area contributed by atoms with Crippen LogP contribution in [0.4, 0.5) is 11.4 Å². The van der Waals surface area contributed by atoms with E-state index in [1.807, 2.05) is 49.4 Å². The van der Waals surface area contributed by atoms with Crippen LogP contribution < -0.4 is 10.6 Å². The molecule has 0 spiro atoms. The summed E-state index contributed by atoms with van der Waals surface area (Å²) in [6, 6.07) is 21.8. The molecule has 0 aliphatic carbocycles. The summed E-state index contributed by atoms with van der Waals surface area (Å²) in [5, 5.41) is 5.71. The van der Waals surface area contributed by atoms with Crippen LogP contribution in [0, 0.1) is 10.5 Å². The number of aryl methyl sites for hydroxylation is 1. The van der Waals surface area contributed by atoms with Gasteiger partial charge in [0.1, 0.15) is 0 Å². The Labute approximate surface area is 165 Å². The Kier molecular flexibility index (Phi) is 5.68. The highest BCUT2D eigenvalue weighted by atomic mass is 127. The Balaban J connectivity index is 1.74. The quantitative estimate of drug-likeness (QED) is 0.537. The summed E-state index contributed by atoms with van der Waals surface area (Å²) in [6.45, 7) is 1.97. The lowest BCUT2D eigenvalue weighted by Gasteiger charge is -2.09. The first-order valence-corrected chi connectivity index (χ1v) is 9.15. The number of rotatable bonds is 4. The van der Waals surface area contributed by atoms with Crippen LogP contribution in [-0.4, -0.2) is 11.8 Å². The van der Waals surface area contributed by atoms with Crippen LogP contribution in [0.15, 0.2) is 72.8 Å². The Bertz CT molecular complexity index is 969. The second-order valence-electron chi connectivity index (χ2n) is 5.84. The number of benzene rings is 3. The van der Waals surface area contributed by atoms with Crippen molar-refractivity contribution in [3.63, 3.8) is 0 Å². The molecule has 130 valence electrons. The smallest absolute Gasteiger partial charge is 0.256 e. The largest absolute Gasteiger partial charge is 0.322 e. The molecule has 0 bridgehead atoms. The number of amides is 2. The number of halogens is 1. The number of anilines is 2. The third-order valence-electron chi connectivity index (χ3n) is 3.78. The second-order valence-corrected chi connectivity index (χ2v) is 7.00. The van der Waals surface area contributed by atoms with E-state index in [0.29, 0.717) is 16.8 Å². The number of carbonyl (C=O) groups excluding carboxylic acids is 2. The SMILES string of the molecule is Cc1cccc(NC(=O)c2cccc(NC(=O)c3ccccc3I)c2)c1. The third kappa shape index (κ3) is 4.49. The molecule has 0 atom stereocenters. The lowest BCUT2D eigenvalue weighted by Crippen LogP contribution is -2.15. The highest BCUT2D eigenvalue weighted by Gasteiger charge is 2.11. The molecule has 0 heterocycles. The fourth-order valence-electron chi connectivity index (χ4n) is 2.51. The molecule has 0 saturated carbocycles. The maximum absolute atomic E-state index is 12.5. The van der Waals surface area contributed by atoms with E-state index in [1.165, 1.54) is 0 Å². The van der Waals surface area contributed by atoms with Crippen LogP contribution in [0.25, 0.3) is 0 Å². The average molecular weight is 456 g/mol. The molecule has 3 rings (SSSR count). The van der Waals surface area contributed by atoms with E-state index >= 15 is 0 Å². The van der Waals surface area contributed by atoms with Gasteiger partial charge in [-0.2, -0.15) is 0 Å². The number of hydrogen-bond acceptors (Lipinski definition) is 2. The van der Waals surface area contributed by atoms with Gasteiger partial charge in [-0.15, -0.1) is 0 Å². The minimum Gasteiger partial charge on any atom is -0.322 e. The Morgan fingerprint density at radius 1 is 0.769 bits per heavy atom. The van der Waals surface area contributed by atoms with Crippen molar-refractivity contribution >= 4 is 45.8 Å². The summed E-state index contributed by atoms with van der Waals surface area (Å²) >= 11 is 2.13. The molecule has 5 heteroatoms. The van der Waals surface area contributed by atoms with Gasteiger partial charge in [-0.1, -0.05) is 30.3 Å². The molecule has 0 unspecified atom stereocenters. The summed E-state index contributed by atoms with van der Waals surface area (Å²) in [7, 11) is 0. The molecule has 2 N–H and O–H groups in total. The van der Waals surface area contributed by atoms with Crippen LogP contribution in [0.3, 0.4) is 0 Å². The molecule has 0 fully saturated rings. The standard InChI is InChI=1S/C21H17IN2O2/c1-14-6-4-8-16(12-14)23-20(25)15-7-5-9-17(13-15)24-21(26)18-10-2-3-11-19(18)22/h2-13H,1H3,(H,23,25)(H,24,26). The van der Waals surface area contributed by atoms with Crippen molar-refractivity contribution in [3.8, 4) is 0 Å². The van der Waals surface area contributed by atoms with Gasteiger partial charge in [0, 0.05) is 20.5 Å². The molecule has 4 nitrogen and oxygen atoms in total. The van der Waals surface area contributed by atoms with Gasteiger partial charge in [0.25, 0.3) is 11.8 Å². The molecule has 0 radical (unpaired) electrons. The van der Waals surface area contributed by atoms with Gasteiger partial charge in [0.05, 0.1) is 5.56 Å². The highest BCUT2D eigenvalue weighted by molar-refractivity contribution is 14.1. The van der Waals surface area contributed by atoms with E-state index < -0.39 is 0 Å². The predicted molar refractivity (Wildman–Crippen MR) is 113 cm³/mol. The van der Waals surface area contributed by atoms with Gasteiger partial charge >= 0.3 is 0 Å². The fraction of sp³-hybridized carbons (Fsp3) is 0.0476. The van der Waals surface area contributed by atoms with Crippen molar-refractivity contribution in [3.05, 3.63) is 93.1 Å². The lowest BCUT2D eigenvalue weighted by atomic mass is 10.1. The van der Waals surface area contributed by atoms with Gasteiger partial charge in [0.15, 0.2) is 0 Å². The molecule has 0 aromatic heterocycles. The first kappa shape index (κ1) is 18.1. The molecule has 0 aliphatic rings. The zero-order valence-corrected chi connectivity index (χ0v) is 16.3. The van der Waals surface area contributed by atoms with Crippen molar-refractivity contribution < 1.29 is 9.59 Å². The number of hydrogen-bond donors (Lipinski definition) is 2. The molecule has 3 aromatic carbocycles. The fourth-order valence-corrected chi connectivity index (χ4v) is 3.14. The molecule has 3 aromatic rings. The van der Waals surface area contributed by atoms with Gasteiger partial charge in [0.2, 0.25) is 0 Å². The third-order valence-corrected chi connectivity index (χ3v) is 4.72. The van der Waals surface area contributed by atoms with Crippen molar-refractivity contribution in [2.75, 3.05) is 10.6 Å². The average Bonchev–Trinajstić information content (AvgIpc) is 2.62. The number of carbonyl (C=O) groups is 2. The summed E-state index contributed by atoms with van der Waals surface area (Å²) < 4.78 is 0.871. The predicted octanol–water partition coefficient (Wildman–Crippen LogP) is 5.10. The lowest BCUT2D eigenvalue weighted by molar-refractivity contribution is 0.101. The summed E-state index contributed by atoms with van der Waals surface area (Å²) in [5.41, 5.74) is 3.46. The van der Waals surface area contributed by atoms with Gasteiger partial charge in [-0.05, 0) is 77.5 Å². The van der Waals surface area contributed by atoms with Gasteiger partial charge in [-0.3, -0.25) is 9.59 Å². The van der Waals surface area contributed by atoms with E-state index in [2.05, 4.69) is 33.2 Å². The topological polar surface area (TPSA) is 58.2 Å². The minimum atomic E-state index is -0.221. The molecular weight excluding hydrogens is 439 g/mol. The summed E-state index contributed by atoms with van der Waals surface area (Å²) in [5.74, 6) is -0.424. The zero-order chi connectivity index (χ0) is 18.5. The monoisotopic (exact) mass is 456 g/mol. The maximum atomic E-state index is 12.5. The van der Waals surface area contributed by atoms with E-state index in [-0.39, 0.29) is 11.8 Å². The summed E-state index contributed by atoms with van der Waals surface area (Å²) in [6.07, 6.45) is 0. The second kappa shape index (κ2) is 8.14. The van der Waals surface area contributed by atoms with E-state index in [1.54, 1.807) is 30.3 Å². The molecule has 0 aliphatic heterocycles. The van der Waals surface area contributed by atoms with Crippen LogP contribution in [0.5, 0.6) is 0 Å². The first-order valence-electron chi connectivity index (χ1n) is 8.07. The normalized spacial score (nSPS) is 10.2. The van der Waals surface area contributed by atoms with Crippen molar-refractivity contribution in [2.45, 2.75) is 6.92 Å². The van der Waals surface area contributed by atoms with E-state index in [0.717, 1.165) is 14.8 Å². The van der Waals surface area contributed by atoms with Gasteiger partial charge < -0.3 is 10.6 Å². The van der Waals surface area contributed by atoms with Crippen LogP contribution >= 0.6 is 22.6 Å². The van der Waals surface area contributed by atoms with Crippen molar-refractivity contribution in [2.24, 2.45) is 0 Å². The zero-order valence-electron chi connectivity index (χ0n) is 14.1. The minimum absolute atomic E-state index is 0.203. The van der Waals surface area contributed by atoms with Crippen molar-refractivity contribution in [1.82, 2.24) is 0 Å². The Morgan fingerprint density at radius 3 is 2.15 bits per heavy atom. The highest BCUT2D eigenvalue weighted by Crippen LogP contribution is 2.17. The summed E-state index contributed by atoms with van der Waals surface area (Å²) in [4.78, 5) is 24.9. The van der Waals surface area contributed by atoms with Gasteiger partial charge in [-0.25, -0.2) is 0 Å². The number of nitrogens with one attached hydrogen (secondary N) is 2. The van der Waals surface area contributed by atoms with E-state index in [9.17, 15) is 9.59 Å². The molecular formula is C21H17IN2O2. The van der Waals surface area contributed by atoms with Crippen LogP contribution in [-0.2, 0) is 0 Å².